The van der Waals surface area contributed by atoms with Crippen molar-refractivity contribution in [2.45, 2.75) is 0 Å². The van der Waals surface area contributed by atoms with Gasteiger partial charge in [0.05, 0.1) is 44.5 Å². The molecule has 0 spiro atoms. The maximum absolute atomic E-state index is 6.26. The predicted molar refractivity (Wildman–Crippen MR) is 204 cm³/mol. The van der Waals surface area contributed by atoms with E-state index in [-0.39, 0.29) is 0 Å². The van der Waals surface area contributed by atoms with Crippen LogP contribution in [-0.4, -0.2) is 29.1 Å². The first kappa shape index (κ1) is 27.8. The summed E-state index contributed by atoms with van der Waals surface area (Å²) < 4.78 is 10.8. The van der Waals surface area contributed by atoms with Crippen LogP contribution in [0.25, 0.3) is 100.0 Å². The molecule has 51 heavy (non-hydrogen) atoms. The summed E-state index contributed by atoms with van der Waals surface area (Å²) >= 11 is 0. The normalized spacial score (nSPS) is 11.9. The molecule has 7 aromatic heterocycles. The first-order valence-electron chi connectivity index (χ1n) is 16.9. The van der Waals surface area contributed by atoms with Crippen LogP contribution in [0.1, 0.15) is 0 Å². The van der Waals surface area contributed by atoms with Gasteiger partial charge in [0.15, 0.2) is 11.2 Å². The molecule has 0 amide bonds. The van der Waals surface area contributed by atoms with E-state index in [1.807, 2.05) is 60.9 Å². The summed E-state index contributed by atoms with van der Waals surface area (Å²) in [6.07, 6.45) is 3.70. The molecule has 0 aliphatic rings. The number of nitrogens with zero attached hydrogens (tertiary/aromatic N) is 6. The zero-order chi connectivity index (χ0) is 33.5. The second kappa shape index (κ2) is 10.7. The number of aromatic nitrogens is 6. The van der Waals surface area contributed by atoms with Crippen molar-refractivity contribution < 1.29 is 4.42 Å². The number of fused-ring (bicyclic) bond motifs is 9. The van der Waals surface area contributed by atoms with Crippen LogP contribution in [0.3, 0.4) is 0 Å². The molecule has 0 aliphatic heterocycles. The number of hydrogen-bond donors (Lipinski definition) is 0. The molecule has 7 heterocycles. The van der Waals surface area contributed by atoms with E-state index in [9.17, 15) is 0 Å². The van der Waals surface area contributed by atoms with Crippen molar-refractivity contribution in [3.8, 4) is 33.9 Å². The molecule has 7 nitrogen and oxygen atoms in total. The Morgan fingerprint density at radius 2 is 0.863 bits per heavy atom. The Labute approximate surface area is 290 Å². The molecule has 7 heteroatoms. The second-order valence-electron chi connectivity index (χ2n) is 12.7. The highest BCUT2D eigenvalue weighted by Gasteiger charge is 2.18. The topological polar surface area (TPSA) is 74.6 Å². The van der Waals surface area contributed by atoms with E-state index in [0.717, 1.165) is 88.8 Å². The molecule has 11 rings (SSSR count). The molecule has 0 aliphatic carbocycles. The van der Waals surface area contributed by atoms with Gasteiger partial charge in [0.2, 0.25) is 0 Å². The smallest absolute Gasteiger partial charge is 0.155 e. The SMILES string of the molecule is c1ccc(-n2c3cc(-c4ccc5oc6ccc(-c7ccc8c9ncccc9n(-c9ccccc9)c8c7)nc6c5n4)ccc3c3ncccc32)cc1. The van der Waals surface area contributed by atoms with Gasteiger partial charge in [-0.05, 0) is 97.1 Å². The van der Waals surface area contributed by atoms with Crippen LogP contribution in [-0.2, 0) is 0 Å². The zero-order valence-corrected chi connectivity index (χ0v) is 27.1. The van der Waals surface area contributed by atoms with Crippen LogP contribution >= 0.6 is 0 Å². The maximum Gasteiger partial charge on any atom is 0.155 e. The van der Waals surface area contributed by atoms with Gasteiger partial charge in [0.25, 0.3) is 0 Å². The molecule has 0 radical (unpaired) electrons. The highest BCUT2D eigenvalue weighted by atomic mass is 16.3. The van der Waals surface area contributed by atoms with Gasteiger partial charge >= 0.3 is 0 Å². The van der Waals surface area contributed by atoms with Gasteiger partial charge in [-0.2, -0.15) is 0 Å². The minimum atomic E-state index is 0.702. The molecule has 0 unspecified atom stereocenters. The lowest BCUT2D eigenvalue weighted by Gasteiger charge is -2.08. The molecule has 0 fully saturated rings. The Kier molecular flexibility index (Phi) is 5.83. The van der Waals surface area contributed by atoms with Crippen molar-refractivity contribution in [1.29, 1.82) is 0 Å². The lowest BCUT2D eigenvalue weighted by molar-refractivity contribution is 0.667. The van der Waals surface area contributed by atoms with Crippen LogP contribution in [0, 0.1) is 0 Å². The number of furan rings is 1. The summed E-state index contributed by atoms with van der Waals surface area (Å²) in [5.41, 5.74) is 15.0. The largest absolute Gasteiger partial charge is 0.453 e. The Morgan fingerprint density at radius 1 is 0.392 bits per heavy atom. The first-order valence-corrected chi connectivity index (χ1v) is 16.9. The summed E-state index contributed by atoms with van der Waals surface area (Å²) in [5, 5.41) is 2.19. The quantitative estimate of drug-likeness (QED) is 0.189. The number of rotatable bonds is 4. The summed E-state index contributed by atoms with van der Waals surface area (Å²) in [5.74, 6) is 0. The van der Waals surface area contributed by atoms with Gasteiger partial charge in [0.1, 0.15) is 11.0 Å². The van der Waals surface area contributed by atoms with Gasteiger partial charge in [-0.15, -0.1) is 0 Å². The van der Waals surface area contributed by atoms with Crippen molar-refractivity contribution in [2.75, 3.05) is 0 Å². The molecule has 0 N–H and O–H groups in total. The maximum atomic E-state index is 6.26. The fourth-order valence-corrected chi connectivity index (χ4v) is 7.53. The van der Waals surface area contributed by atoms with Crippen molar-refractivity contribution in [2.24, 2.45) is 0 Å². The minimum Gasteiger partial charge on any atom is -0.453 e. The first-order chi connectivity index (χ1) is 25.3. The molecule has 238 valence electrons. The molecule has 0 saturated carbocycles. The summed E-state index contributed by atoms with van der Waals surface area (Å²) in [6.45, 7) is 0. The Morgan fingerprint density at radius 3 is 1.33 bits per heavy atom. The molecule has 0 atom stereocenters. The van der Waals surface area contributed by atoms with Crippen LogP contribution in [0.2, 0.25) is 0 Å². The van der Waals surface area contributed by atoms with Gasteiger partial charge in [-0.1, -0.05) is 48.5 Å². The Bertz CT molecular complexity index is 2930. The van der Waals surface area contributed by atoms with Crippen molar-refractivity contribution >= 4 is 66.1 Å². The third-order valence-corrected chi connectivity index (χ3v) is 9.82. The lowest BCUT2D eigenvalue weighted by Crippen LogP contribution is -1.94. The number of para-hydroxylation sites is 2. The van der Waals surface area contributed by atoms with E-state index in [1.165, 1.54) is 0 Å². The van der Waals surface area contributed by atoms with Crippen LogP contribution in [0.15, 0.2) is 162 Å². The average Bonchev–Trinajstić information content (AvgIpc) is 3.85. The molecular weight excluding hydrogens is 629 g/mol. The van der Waals surface area contributed by atoms with E-state index >= 15 is 0 Å². The Balaban J connectivity index is 1.07. The number of pyridine rings is 4. The average molecular weight is 655 g/mol. The summed E-state index contributed by atoms with van der Waals surface area (Å²) in [4.78, 5) is 19.8. The number of benzene rings is 4. The van der Waals surface area contributed by atoms with Crippen LogP contribution in [0.4, 0.5) is 0 Å². The van der Waals surface area contributed by atoms with Crippen molar-refractivity contribution in [1.82, 2.24) is 29.1 Å². The zero-order valence-electron chi connectivity index (χ0n) is 27.1. The molecular formula is C44H26N6O. The summed E-state index contributed by atoms with van der Waals surface area (Å²) in [6, 6.07) is 50.0. The lowest BCUT2D eigenvalue weighted by atomic mass is 10.1. The monoisotopic (exact) mass is 654 g/mol. The summed E-state index contributed by atoms with van der Waals surface area (Å²) in [7, 11) is 0. The standard InChI is InChI=1S/C44H26N6O/c1-3-9-29(10-4-1)49-35-13-7-23-45-41(35)31-17-15-27(25-37(31)49)33-19-21-39-43(47-33)44-40(51-39)22-20-34(48-44)28-16-18-32-38(26-28)50(30-11-5-2-6-12-30)36-14-8-24-46-42(32)36/h1-26H. The minimum absolute atomic E-state index is 0.702. The van der Waals surface area contributed by atoms with E-state index in [4.69, 9.17) is 24.4 Å². The molecule has 0 saturated heterocycles. The number of hydrogen-bond acceptors (Lipinski definition) is 5. The van der Waals surface area contributed by atoms with Crippen LogP contribution in [0.5, 0.6) is 0 Å². The van der Waals surface area contributed by atoms with Gasteiger partial charge in [-0.3, -0.25) is 9.97 Å². The van der Waals surface area contributed by atoms with E-state index in [1.54, 1.807) is 0 Å². The van der Waals surface area contributed by atoms with Gasteiger partial charge in [-0.25, -0.2) is 9.97 Å². The van der Waals surface area contributed by atoms with Crippen molar-refractivity contribution in [3.05, 3.63) is 158 Å². The van der Waals surface area contributed by atoms with E-state index in [2.05, 4.69) is 106 Å². The van der Waals surface area contributed by atoms with Crippen LogP contribution < -0.4 is 0 Å². The van der Waals surface area contributed by atoms with Gasteiger partial charge in [0, 0.05) is 45.7 Å². The third-order valence-electron chi connectivity index (χ3n) is 9.82. The Hall–Kier alpha value is -7.12. The predicted octanol–water partition coefficient (Wildman–Crippen LogP) is 10.7. The van der Waals surface area contributed by atoms with Gasteiger partial charge < -0.3 is 13.6 Å². The van der Waals surface area contributed by atoms with Crippen molar-refractivity contribution in [3.63, 3.8) is 0 Å². The highest BCUT2D eigenvalue weighted by Crippen LogP contribution is 2.37. The molecule has 11 aromatic rings. The molecule has 0 bridgehead atoms. The second-order valence-corrected chi connectivity index (χ2v) is 12.7. The third kappa shape index (κ3) is 4.18. The fourth-order valence-electron chi connectivity index (χ4n) is 7.53. The van der Waals surface area contributed by atoms with E-state index in [0.29, 0.717) is 11.2 Å². The van der Waals surface area contributed by atoms with E-state index < -0.39 is 0 Å². The molecule has 4 aromatic carbocycles. The fraction of sp³-hybridized carbons (Fsp3) is 0. The highest BCUT2D eigenvalue weighted by molar-refractivity contribution is 6.09.